The van der Waals surface area contributed by atoms with E-state index < -0.39 is 5.97 Å². The first-order valence-corrected chi connectivity index (χ1v) is 17.3. The Morgan fingerprint density at radius 3 is 1.55 bits per heavy atom. The molecule has 42 heavy (non-hydrogen) atoms. The van der Waals surface area contributed by atoms with Gasteiger partial charge in [0.1, 0.15) is 6.10 Å². The van der Waals surface area contributed by atoms with Crippen LogP contribution in [0.2, 0.25) is 0 Å². The number of allylic oxidation sites excluding steroid dienone is 10. The van der Waals surface area contributed by atoms with Crippen LogP contribution in [0.4, 0.5) is 0 Å². The number of hydrogen-bond donors (Lipinski definition) is 1. The van der Waals surface area contributed by atoms with Gasteiger partial charge in [0, 0.05) is 12.8 Å². The molecule has 240 valence electrons. The van der Waals surface area contributed by atoms with Crippen LogP contribution in [0.25, 0.3) is 0 Å². The third-order valence-corrected chi connectivity index (χ3v) is 7.25. The summed E-state index contributed by atoms with van der Waals surface area (Å²) in [5.41, 5.74) is 0. The van der Waals surface area contributed by atoms with Crippen LogP contribution in [0.15, 0.2) is 60.8 Å². The van der Waals surface area contributed by atoms with Gasteiger partial charge in [-0.3, -0.25) is 9.59 Å². The molecule has 0 aromatic heterocycles. The molecule has 0 aliphatic carbocycles. The first kappa shape index (κ1) is 39.6. The minimum Gasteiger partial charge on any atom is -0.481 e. The Labute approximate surface area is 259 Å². The molecule has 0 fully saturated rings. The molecule has 0 radical (unpaired) electrons. The Balaban J connectivity index is 3.79. The maximum absolute atomic E-state index is 12.4. The van der Waals surface area contributed by atoms with Crippen LogP contribution in [0.5, 0.6) is 0 Å². The summed E-state index contributed by atoms with van der Waals surface area (Å²) in [4.78, 5) is 23.0. The Morgan fingerprint density at radius 2 is 1.00 bits per heavy atom. The van der Waals surface area contributed by atoms with Gasteiger partial charge in [-0.05, 0) is 77.0 Å². The van der Waals surface area contributed by atoms with E-state index in [9.17, 15) is 9.59 Å². The molecule has 0 aliphatic rings. The number of unbranched alkanes of at least 4 members (excludes halogenated alkanes) is 11. The van der Waals surface area contributed by atoms with Crippen molar-refractivity contribution >= 4 is 11.9 Å². The SMILES string of the molecule is CC/C=C\C/C=C\C/C=C\C/C=C\C/C=C\CCCCCC(=O)OC(CCCC)CCCCCCCCCCC(=O)O. The third kappa shape index (κ3) is 32.2. The zero-order valence-corrected chi connectivity index (χ0v) is 27.3. The molecule has 4 nitrogen and oxygen atoms in total. The first-order chi connectivity index (χ1) is 20.6. The number of ether oxygens (including phenoxy) is 1. The molecule has 0 aromatic rings. The molecule has 0 saturated heterocycles. The van der Waals surface area contributed by atoms with Crippen LogP contribution in [-0.2, 0) is 14.3 Å². The van der Waals surface area contributed by atoms with Gasteiger partial charge in [0.2, 0.25) is 0 Å². The molecule has 4 heteroatoms. The minimum absolute atomic E-state index is 0.0210. The Kier molecular flexibility index (Phi) is 31.3. The fraction of sp³-hybridized carbons (Fsp3) is 0.684. The van der Waals surface area contributed by atoms with Gasteiger partial charge < -0.3 is 9.84 Å². The Hall–Kier alpha value is -2.36. The summed E-state index contributed by atoms with van der Waals surface area (Å²) >= 11 is 0. The van der Waals surface area contributed by atoms with E-state index in [1.54, 1.807) is 0 Å². The highest BCUT2D eigenvalue weighted by atomic mass is 16.5. The van der Waals surface area contributed by atoms with Gasteiger partial charge in [-0.1, -0.05) is 132 Å². The standard InChI is InChI=1S/C38H64O4/c1-3-5-7-8-9-10-11-12-13-14-15-16-17-18-19-20-25-28-31-35-38(41)42-36(32-6-4-2)33-29-26-23-21-22-24-27-30-34-37(39)40/h5,7,9-10,12-13,15-16,18-19,36H,3-4,6,8,11,14,17,20-35H2,1-2H3,(H,39,40)/b7-5-,10-9-,13-12-,16-15-,19-18-. The number of carboxylic acids is 1. The lowest BCUT2D eigenvalue weighted by Crippen LogP contribution is -2.18. The minimum atomic E-state index is -0.689. The van der Waals surface area contributed by atoms with E-state index in [2.05, 4.69) is 74.6 Å². The molecular formula is C38H64O4. The van der Waals surface area contributed by atoms with E-state index >= 15 is 0 Å². The number of carboxylic acid groups (broad SMARTS) is 1. The summed E-state index contributed by atoms with van der Waals surface area (Å²) < 4.78 is 5.86. The van der Waals surface area contributed by atoms with Crippen molar-refractivity contribution in [2.75, 3.05) is 0 Å². The van der Waals surface area contributed by atoms with E-state index in [1.807, 2.05) is 0 Å². The summed E-state index contributed by atoms with van der Waals surface area (Å²) in [7, 11) is 0. The molecule has 1 atom stereocenters. The second-order valence-corrected chi connectivity index (χ2v) is 11.3. The summed E-state index contributed by atoms with van der Waals surface area (Å²) in [6, 6.07) is 0. The molecule has 0 aliphatic heterocycles. The molecule has 0 heterocycles. The zero-order valence-electron chi connectivity index (χ0n) is 27.3. The van der Waals surface area contributed by atoms with E-state index in [1.165, 1.54) is 25.7 Å². The van der Waals surface area contributed by atoms with Crippen LogP contribution in [-0.4, -0.2) is 23.1 Å². The highest BCUT2D eigenvalue weighted by Crippen LogP contribution is 2.17. The third-order valence-electron chi connectivity index (χ3n) is 7.25. The van der Waals surface area contributed by atoms with Crippen molar-refractivity contribution in [3.05, 3.63) is 60.8 Å². The van der Waals surface area contributed by atoms with E-state index in [0.29, 0.717) is 12.8 Å². The van der Waals surface area contributed by atoms with Crippen molar-refractivity contribution in [1.29, 1.82) is 0 Å². The highest BCUT2D eigenvalue weighted by Gasteiger charge is 2.13. The number of aliphatic carboxylic acids is 1. The Morgan fingerprint density at radius 1 is 0.548 bits per heavy atom. The smallest absolute Gasteiger partial charge is 0.306 e. The molecule has 0 spiro atoms. The Bertz CT molecular complexity index is 759. The van der Waals surface area contributed by atoms with Crippen molar-refractivity contribution in [3.8, 4) is 0 Å². The highest BCUT2D eigenvalue weighted by molar-refractivity contribution is 5.69. The van der Waals surface area contributed by atoms with Crippen LogP contribution in [0.1, 0.15) is 162 Å². The van der Waals surface area contributed by atoms with Crippen molar-refractivity contribution in [2.24, 2.45) is 0 Å². The van der Waals surface area contributed by atoms with Gasteiger partial charge in [-0.25, -0.2) is 0 Å². The van der Waals surface area contributed by atoms with Gasteiger partial charge in [-0.2, -0.15) is 0 Å². The fourth-order valence-corrected chi connectivity index (χ4v) is 4.72. The van der Waals surface area contributed by atoms with E-state index in [4.69, 9.17) is 9.84 Å². The summed E-state index contributed by atoms with van der Waals surface area (Å²) in [5.74, 6) is -0.710. The fourth-order valence-electron chi connectivity index (χ4n) is 4.72. The number of rotatable bonds is 30. The lowest BCUT2D eigenvalue weighted by Gasteiger charge is -2.18. The van der Waals surface area contributed by atoms with Gasteiger partial charge in [-0.15, -0.1) is 0 Å². The summed E-state index contributed by atoms with van der Waals surface area (Å²) in [5, 5.41) is 8.68. The molecule has 0 aromatic carbocycles. The van der Waals surface area contributed by atoms with Gasteiger partial charge in [0.15, 0.2) is 0 Å². The maximum Gasteiger partial charge on any atom is 0.306 e. The largest absolute Gasteiger partial charge is 0.481 e. The monoisotopic (exact) mass is 584 g/mol. The van der Waals surface area contributed by atoms with Gasteiger partial charge in [0.05, 0.1) is 0 Å². The summed E-state index contributed by atoms with van der Waals surface area (Å²) in [6.45, 7) is 4.34. The molecule has 0 bridgehead atoms. The molecule has 1 unspecified atom stereocenters. The molecule has 0 amide bonds. The predicted octanol–water partition coefficient (Wildman–Crippen LogP) is 11.8. The summed E-state index contributed by atoms with van der Waals surface area (Å²) in [6.07, 6.45) is 45.5. The average Bonchev–Trinajstić information content (AvgIpc) is 2.97. The average molecular weight is 585 g/mol. The van der Waals surface area contributed by atoms with Crippen LogP contribution < -0.4 is 0 Å². The van der Waals surface area contributed by atoms with Crippen molar-refractivity contribution in [2.45, 2.75) is 168 Å². The first-order valence-electron chi connectivity index (χ1n) is 17.3. The molecule has 1 N–H and O–H groups in total. The van der Waals surface area contributed by atoms with E-state index in [0.717, 1.165) is 109 Å². The molecule has 0 rings (SSSR count). The van der Waals surface area contributed by atoms with E-state index in [-0.39, 0.29) is 12.1 Å². The lowest BCUT2D eigenvalue weighted by molar-refractivity contribution is -0.150. The lowest BCUT2D eigenvalue weighted by atomic mass is 10.0. The van der Waals surface area contributed by atoms with Gasteiger partial charge >= 0.3 is 11.9 Å². The second-order valence-electron chi connectivity index (χ2n) is 11.3. The number of esters is 1. The number of hydrogen-bond acceptors (Lipinski definition) is 3. The number of carbonyl (C=O) groups excluding carboxylic acids is 1. The van der Waals surface area contributed by atoms with Crippen molar-refractivity contribution < 1.29 is 19.4 Å². The van der Waals surface area contributed by atoms with Crippen LogP contribution in [0.3, 0.4) is 0 Å². The normalized spacial score (nSPS) is 13.0. The number of carbonyl (C=O) groups is 2. The van der Waals surface area contributed by atoms with Crippen LogP contribution in [0, 0.1) is 0 Å². The molecule has 0 saturated carbocycles. The molecular weight excluding hydrogens is 520 g/mol. The quantitative estimate of drug-likeness (QED) is 0.0518. The van der Waals surface area contributed by atoms with Crippen LogP contribution >= 0.6 is 0 Å². The predicted molar refractivity (Wildman–Crippen MR) is 181 cm³/mol. The maximum atomic E-state index is 12.4. The van der Waals surface area contributed by atoms with Crippen molar-refractivity contribution in [3.63, 3.8) is 0 Å². The second kappa shape index (κ2) is 33.1. The topological polar surface area (TPSA) is 63.6 Å². The van der Waals surface area contributed by atoms with Crippen molar-refractivity contribution in [1.82, 2.24) is 0 Å². The zero-order chi connectivity index (χ0) is 30.8. The van der Waals surface area contributed by atoms with Gasteiger partial charge in [0.25, 0.3) is 0 Å².